The largest absolute Gasteiger partial charge is 0.339 e. The van der Waals surface area contributed by atoms with E-state index in [4.69, 9.17) is 0 Å². The predicted octanol–water partition coefficient (Wildman–Crippen LogP) is 3.93. The minimum absolute atomic E-state index is 0.0233. The van der Waals surface area contributed by atoms with Crippen molar-refractivity contribution in [2.75, 3.05) is 32.7 Å². The topological polar surface area (TPSA) is 66.7 Å². The molecule has 0 bridgehead atoms. The number of piperidine rings is 1. The summed E-state index contributed by atoms with van der Waals surface area (Å²) in [5.74, 6) is 0.577. The standard InChI is InChI=1S/C19H26IN3O3/c20-18-6-5-16(23(25)26)13-17(18)19(24)22-11-7-15(8-12-22)14-21-9-3-1-2-4-10-21/h5-6,13,15H,1-4,7-12,14H2. The maximum Gasteiger partial charge on any atom is 0.270 e. The third-order valence-electron chi connectivity index (χ3n) is 5.51. The molecule has 1 aromatic rings. The fraction of sp³-hybridized carbons (Fsp3) is 0.632. The monoisotopic (exact) mass is 471 g/mol. The quantitative estimate of drug-likeness (QED) is 0.379. The number of benzene rings is 1. The van der Waals surface area contributed by atoms with Gasteiger partial charge < -0.3 is 9.80 Å². The fourth-order valence-electron chi connectivity index (χ4n) is 3.96. The van der Waals surface area contributed by atoms with Gasteiger partial charge in [-0.05, 0) is 73.3 Å². The molecule has 0 radical (unpaired) electrons. The molecule has 3 rings (SSSR count). The molecule has 26 heavy (non-hydrogen) atoms. The van der Waals surface area contributed by atoms with Crippen LogP contribution in [-0.4, -0.2) is 53.4 Å². The number of nitro benzene ring substituents is 1. The van der Waals surface area contributed by atoms with Crippen molar-refractivity contribution in [3.63, 3.8) is 0 Å². The van der Waals surface area contributed by atoms with Gasteiger partial charge in [0.1, 0.15) is 0 Å². The van der Waals surface area contributed by atoms with Gasteiger partial charge in [-0.3, -0.25) is 14.9 Å². The van der Waals surface area contributed by atoms with Gasteiger partial charge in [0.15, 0.2) is 0 Å². The molecule has 0 atom stereocenters. The normalized spacial score (nSPS) is 20.0. The van der Waals surface area contributed by atoms with Gasteiger partial charge in [0, 0.05) is 35.3 Å². The average molecular weight is 471 g/mol. The second kappa shape index (κ2) is 9.12. The van der Waals surface area contributed by atoms with Gasteiger partial charge in [-0.25, -0.2) is 0 Å². The first-order valence-corrected chi connectivity index (χ1v) is 10.6. The number of hydrogen-bond donors (Lipinski definition) is 0. The molecule has 2 saturated heterocycles. The van der Waals surface area contributed by atoms with E-state index >= 15 is 0 Å². The van der Waals surface area contributed by atoms with Crippen LogP contribution in [0, 0.1) is 19.6 Å². The Morgan fingerprint density at radius 3 is 2.38 bits per heavy atom. The van der Waals surface area contributed by atoms with E-state index in [1.807, 2.05) is 4.90 Å². The number of nitrogens with zero attached hydrogens (tertiary/aromatic N) is 3. The first-order valence-electron chi connectivity index (χ1n) is 9.50. The summed E-state index contributed by atoms with van der Waals surface area (Å²) in [7, 11) is 0. The molecule has 6 nitrogen and oxygen atoms in total. The van der Waals surface area contributed by atoms with Crippen molar-refractivity contribution >= 4 is 34.2 Å². The van der Waals surface area contributed by atoms with E-state index in [2.05, 4.69) is 27.5 Å². The van der Waals surface area contributed by atoms with Crippen molar-refractivity contribution in [1.29, 1.82) is 0 Å². The summed E-state index contributed by atoms with van der Waals surface area (Å²) in [5.41, 5.74) is 0.426. The second-order valence-electron chi connectivity index (χ2n) is 7.37. The van der Waals surface area contributed by atoms with Crippen molar-refractivity contribution < 1.29 is 9.72 Å². The average Bonchev–Trinajstić information content (AvgIpc) is 2.90. The van der Waals surface area contributed by atoms with E-state index in [-0.39, 0.29) is 11.6 Å². The van der Waals surface area contributed by atoms with Gasteiger partial charge in [-0.1, -0.05) is 12.8 Å². The third-order valence-corrected chi connectivity index (χ3v) is 6.45. The number of amides is 1. The summed E-state index contributed by atoms with van der Waals surface area (Å²) in [6.45, 7) is 5.07. The van der Waals surface area contributed by atoms with Crippen molar-refractivity contribution in [1.82, 2.24) is 9.80 Å². The van der Waals surface area contributed by atoms with Crippen LogP contribution in [0.2, 0.25) is 0 Å². The lowest BCUT2D eigenvalue weighted by molar-refractivity contribution is -0.384. The van der Waals surface area contributed by atoms with E-state index in [9.17, 15) is 14.9 Å². The van der Waals surface area contributed by atoms with Crippen LogP contribution in [0.5, 0.6) is 0 Å². The third kappa shape index (κ3) is 4.94. The van der Waals surface area contributed by atoms with Crippen molar-refractivity contribution in [2.45, 2.75) is 38.5 Å². The Hall–Kier alpha value is -1.22. The van der Waals surface area contributed by atoms with E-state index in [0.717, 1.165) is 36.0 Å². The van der Waals surface area contributed by atoms with E-state index in [1.165, 1.54) is 50.9 Å². The lowest BCUT2D eigenvalue weighted by atomic mass is 9.95. The molecule has 0 N–H and O–H groups in total. The molecule has 2 heterocycles. The molecular formula is C19H26IN3O3. The Kier molecular flexibility index (Phi) is 6.86. The second-order valence-corrected chi connectivity index (χ2v) is 8.53. The minimum atomic E-state index is -0.444. The molecule has 2 aliphatic rings. The van der Waals surface area contributed by atoms with Crippen LogP contribution in [-0.2, 0) is 0 Å². The Balaban J connectivity index is 1.56. The van der Waals surface area contributed by atoms with Crippen LogP contribution in [0.3, 0.4) is 0 Å². The Bertz CT molecular complexity index is 651. The first kappa shape index (κ1) is 19.5. The van der Waals surface area contributed by atoms with E-state index < -0.39 is 4.92 Å². The molecule has 2 aliphatic heterocycles. The van der Waals surface area contributed by atoms with Crippen LogP contribution >= 0.6 is 22.6 Å². The highest BCUT2D eigenvalue weighted by Gasteiger charge is 2.27. The van der Waals surface area contributed by atoms with Gasteiger partial charge in [-0.2, -0.15) is 0 Å². The number of non-ortho nitro benzene ring substituents is 1. The Morgan fingerprint density at radius 2 is 1.77 bits per heavy atom. The Morgan fingerprint density at radius 1 is 1.12 bits per heavy atom. The van der Waals surface area contributed by atoms with Crippen molar-refractivity contribution in [3.8, 4) is 0 Å². The number of nitro groups is 1. The van der Waals surface area contributed by atoms with Crippen molar-refractivity contribution in [3.05, 3.63) is 37.4 Å². The van der Waals surface area contributed by atoms with E-state index in [0.29, 0.717) is 11.5 Å². The maximum absolute atomic E-state index is 12.8. The van der Waals surface area contributed by atoms with Crippen molar-refractivity contribution in [2.24, 2.45) is 5.92 Å². The number of rotatable bonds is 4. The number of carbonyl (C=O) groups excluding carboxylic acids is 1. The molecule has 1 aromatic carbocycles. The van der Waals surface area contributed by atoms with Crippen LogP contribution in [0.15, 0.2) is 18.2 Å². The zero-order valence-corrected chi connectivity index (χ0v) is 17.2. The Labute approximate surface area is 168 Å². The van der Waals surface area contributed by atoms with Crippen LogP contribution in [0.25, 0.3) is 0 Å². The fourth-order valence-corrected chi connectivity index (χ4v) is 4.53. The van der Waals surface area contributed by atoms with Gasteiger partial charge in [0.05, 0.1) is 10.5 Å². The highest BCUT2D eigenvalue weighted by molar-refractivity contribution is 14.1. The zero-order chi connectivity index (χ0) is 18.5. The highest BCUT2D eigenvalue weighted by Crippen LogP contribution is 2.25. The molecule has 0 saturated carbocycles. The molecule has 0 aliphatic carbocycles. The molecule has 142 valence electrons. The summed E-state index contributed by atoms with van der Waals surface area (Å²) < 4.78 is 0.768. The predicted molar refractivity (Wildman–Crippen MR) is 109 cm³/mol. The zero-order valence-electron chi connectivity index (χ0n) is 15.0. The lowest BCUT2D eigenvalue weighted by Crippen LogP contribution is -2.42. The molecule has 0 unspecified atom stereocenters. The number of likely N-dealkylation sites (tertiary alicyclic amines) is 2. The molecule has 1 amide bonds. The summed E-state index contributed by atoms with van der Waals surface area (Å²) in [4.78, 5) is 27.8. The summed E-state index contributed by atoms with van der Waals surface area (Å²) in [6.07, 6.45) is 7.36. The smallest absolute Gasteiger partial charge is 0.270 e. The molecule has 2 fully saturated rings. The van der Waals surface area contributed by atoms with Gasteiger partial charge in [0.2, 0.25) is 0 Å². The molecule has 0 aromatic heterocycles. The summed E-state index contributed by atoms with van der Waals surface area (Å²) >= 11 is 2.08. The van der Waals surface area contributed by atoms with Gasteiger partial charge in [-0.15, -0.1) is 0 Å². The SMILES string of the molecule is O=C(c1cc([N+](=O)[O-])ccc1I)N1CCC(CN2CCCCCC2)CC1. The van der Waals surface area contributed by atoms with E-state index in [1.54, 1.807) is 6.07 Å². The molecule has 7 heteroatoms. The van der Waals surface area contributed by atoms with Crippen LogP contribution < -0.4 is 0 Å². The summed E-state index contributed by atoms with van der Waals surface area (Å²) in [5, 5.41) is 11.0. The number of hydrogen-bond acceptors (Lipinski definition) is 4. The lowest BCUT2D eigenvalue weighted by Gasteiger charge is -2.34. The number of carbonyl (C=O) groups is 1. The number of halogens is 1. The van der Waals surface area contributed by atoms with Gasteiger partial charge in [0.25, 0.3) is 11.6 Å². The molecular weight excluding hydrogens is 445 g/mol. The van der Waals surface area contributed by atoms with Gasteiger partial charge >= 0.3 is 0 Å². The summed E-state index contributed by atoms with van der Waals surface area (Å²) in [6, 6.07) is 4.51. The maximum atomic E-state index is 12.8. The molecule has 0 spiro atoms. The highest BCUT2D eigenvalue weighted by atomic mass is 127. The van der Waals surface area contributed by atoms with Crippen LogP contribution in [0.1, 0.15) is 48.9 Å². The first-order chi connectivity index (χ1) is 12.5. The minimum Gasteiger partial charge on any atom is -0.339 e. The van der Waals surface area contributed by atoms with Crippen LogP contribution in [0.4, 0.5) is 5.69 Å².